The number of aliphatic hydroxyl groups is 1. The largest absolute Gasteiger partial charge is 0.461 e. The molecule has 2 N–H and O–H groups in total. The number of rotatable bonds is 7. The molecule has 120 valence electrons. The summed E-state index contributed by atoms with van der Waals surface area (Å²) in [6.07, 6.45) is 0.698. The van der Waals surface area contributed by atoms with Gasteiger partial charge in [0, 0.05) is 25.7 Å². The van der Waals surface area contributed by atoms with E-state index < -0.39 is 17.9 Å². The second-order valence-corrected chi connectivity index (χ2v) is 5.68. The third-order valence-electron chi connectivity index (χ3n) is 2.61. The number of aromatic nitrogens is 2. The van der Waals surface area contributed by atoms with E-state index in [9.17, 15) is 9.90 Å². The van der Waals surface area contributed by atoms with Crippen LogP contribution in [-0.4, -0.2) is 45.9 Å². The van der Waals surface area contributed by atoms with Gasteiger partial charge < -0.3 is 19.9 Å². The minimum atomic E-state index is -0.910. The van der Waals surface area contributed by atoms with Crippen LogP contribution in [-0.2, 0) is 23.1 Å². The van der Waals surface area contributed by atoms with E-state index in [2.05, 4.69) is 10.4 Å². The van der Waals surface area contributed by atoms with Crippen molar-refractivity contribution >= 4 is 5.97 Å². The van der Waals surface area contributed by atoms with Gasteiger partial charge in [0.05, 0.1) is 18.4 Å². The van der Waals surface area contributed by atoms with Crippen LogP contribution in [0.2, 0.25) is 0 Å². The molecule has 1 atom stereocenters. The van der Waals surface area contributed by atoms with Gasteiger partial charge in [0.2, 0.25) is 0 Å². The van der Waals surface area contributed by atoms with E-state index >= 15 is 0 Å². The van der Waals surface area contributed by atoms with E-state index in [1.54, 1.807) is 20.2 Å². The second-order valence-electron chi connectivity index (χ2n) is 5.68. The number of carbonyl (C=O) groups excluding carboxylic acids is 1. The number of aliphatic hydroxyl groups excluding tert-OH is 1. The van der Waals surface area contributed by atoms with E-state index in [0.29, 0.717) is 18.8 Å². The van der Waals surface area contributed by atoms with Crippen LogP contribution in [0.5, 0.6) is 0 Å². The van der Waals surface area contributed by atoms with Gasteiger partial charge in [-0.3, -0.25) is 4.68 Å². The number of carbonyl (C=O) groups is 1. The number of nitrogens with zero attached hydrogens (tertiary/aromatic N) is 2. The monoisotopic (exact) mass is 299 g/mol. The number of aryl methyl sites for hydroxylation is 1. The molecule has 7 heteroatoms. The van der Waals surface area contributed by atoms with Gasteiger partial charge in [-0.2, -0.15) is 5.10 Å². The van der Waals surface area contributed by atoms with Gasteiger partial charge in [-0.25, -0.2) is 4.79 Å². The van der Waals surface area contributed by atoms with Crippen LogP contribution in [0.4, 0.5) is 0 Å². The molecule has 0 aliphatic heterocycles. The normalized spacial score (nSPS) is 13.2. The minimum Gasteiger partial charge on any atom is -0.461 e. The summed E-state index contributed by atoms with van der Waals surface area (Å²) >= 11 is 0. The number of nitrogens with one attached hydrogen (secondary N) is 1. The van der Waals surface area contributed by atoms with Crippen LogP contribution in [0.15, 0.2) is 6.20 Å². The summed E-state index contributed by atoms with van der Waals surface area (Å²) in [5, 5.41) is 16.8. The number of esters is 1. The first kappa shape index (κ1) is 17.6. The van der Waals surface area contributed by atoms with Gasteiger partial charge in [-0.1, -0.05) is 0 Å². The molecule has 0 radical (unpaired) electrons. The molecule has 0 aliphatic rings. The van der Waals surface area contributed by atoms with Gasteiger partial charge in [-0.05, 0) is 27.7 Å². The van der Waals surface area contributed by atoms with Crippen LogP contribution in [0.25, 0.3) is 0 Å². The number of ether oxygens (including phenoxy) is 2. The molecule has 0 fully saturated rings. The Bertz CT molecular complexity index is 465. The summed E-state index contributed by atoms with van der Waals surface area (Å²) in [6.45, 7) is 8.34. The lowest BCUT2D eigenvalue weighted by Gasteiger charge is -2.24. The van der Waals surface area contributed by atoms with E-state index in [-0.39, 0.29) is 6.54 Å². The molecular weight excluding hydrogens is 274 g/mol. The lowest BCUT2D eigenvalue weighted by Crippen LogP contribution is -2.35. The summed E-state index contributed by atoms with van der Waals surface area (Å²) in [5.41, 5.74) is 0.723. The Labute approximate surface area is 125 Å². The molecular formula is C14H25N3O4. The molecule has 1 rings (SSSR count). The Balaban J connectivity index is 2.55. The molecule has 7 nitrogen and oxygen atoms in total. The van der Waals surface area contributed by atoms with Gasteiger partial charge in [0.25, 0.3) is 0 Å². The van der Waals surface area contributed by atoms with Crippen LogP contribution in [0.3, 0.4) is 0 Å². The topological polar surface area (TPSA) is 85.6 Å². The lowest BCUT2D eigenvalue weighted by molar-refractivity contribution is -0.162. The predicted molar refractivity (Wildman–Crippen MR) is 77.7 cm³/mol. The van der Waals surface area contributed by atoms with Crippen molar-refractivity contribution < 1.29 is 19.4 Å². The van der Waals surface area contributed by atoms with Crippen molar-refractivity contribution in [2.24, 2.45) is 7.05 Å². The zero-order valence-corrected chi connectivity index (χ0v) is 13.3. The highest BCUT2D eigenvalue weighted by molar-refractivity contribution is 5.89. The Morgan fingerprint density at radius 1 is 1.52 bits per heavy atom. The van der Waals surface area contributed by atoms with E-state index in [1.807, 2.05) is 20.8 Å². The zero-order valence-electron chi connectivity index (χ0n) is 13.3. The molecule has 0 spiro atoms. The average molecular weight is 299 g/mol. The highest BCUT2D eigenvalue weighted by atomic mass is 16.6. The molecule has 0 aromatic carbocycles. The standard InChI is InChI=1S/C14H25N3O4/c1-6-20-13(19)12-10(8-16-17(12)5)7-15-9-11(18)21-14(2,3)4/h8,11,15,18H,6-7,9H2,1-5H3. The van der Waals surface area contributed by atoms with Gasteiger partial charge in [-0.15, -0.1) is 0 Å². The molecule has 21 heavy (non-hydrogen) atoms. The van der Waals surface area contributed by atoms with Crippen molar-refractivity contribution in [3.63, 3.8) is 0 Å². The molecule has 0 aliphatic carbocycles. The Kier molecular flexibility index (Phi) is 6.32. The van der Waals surface area contributed by atoms with Crippen LogP contribution in [0, 0.1) is 0 Å². The predicted octanol–water partition coefficient (Wildman–Crippen LogP) is 0.820. The zero-order chi connectivity index (χ0) is 16.0. The fraction of sp³-hybridized carbons (Fsp3) is 0.714. The molecule has 1 aromatic heterocycles. The SMILES string of the molecule is CCOC(=O)c1c(CNCC(O)OC(C)(C)C)cnn1C. The maximum atomic E-state index is 11.8. The van der Waals surface area contributed by atoms with E-state index in [4.69, 9.17) is 9.47 Å². The molecule has 0 bridgehead atoms. The molecule has 1 unspecified atom stereocenters. The first-order valence-corrected chi connectivity index (χ1v) is 6.99. The van der Waals surface area contributed by atoms with Crippen molar-refractivity contribution in [3.8, 4) is 0 Å². The Morgan fingerprint density at radius 2 is 2.19 bits per heavy atom. The molecule has 1 heterocycles. The fourth-order valence-electron chi connectivity index (χ4n) is 1.86. The quantitative estimate of drug-likeness (QED) is 0.573. The summed E-state index contributed by atoms with van der Waals surface area (Å²) < 4.78 is 11.9. The lowest BCUT2D eigenvalue weighted by atomic mass is 10.2. The minimum absolute atomic E-state index is 0.258. The van der Waals surface area contributed by atoms with Gasteiger partial charge in [0.15, 0.2) is 12.0 Å². The van der Waals surface area contributed by atoms with Crippen molar-refractivity contribution in [2.45, 2.75) is 46.1 Å². The van der Waals surface area contributed by atoms with E-state index in [0.717, 1.165) is 5.56 Å². The number of hydrogen-bond donors (Lipinski definition) is 2. The van der Waals surface area contributed by atoms with Gasteiger partial charge >= 0.3 is 5.97 Å². The molecule has 0 amide bonds. The van der Waals surface area contributed by atoms with E-state index in [1.165, 1.54) is 4.68 Å². The first-order chi connectivity index (χ1) is 9.74. The summed E-state index contributed by atoms with van der Waals surface area (Å²) in [5.74, 6) is -0.402. The fourth-order valence-corrected chi connectivity index (χ4v) is 1.86. The molecule has 0 saturated heterocycles. The maximum absolute atomic E-state index is 11.8. The second kappa shape index (κ2) is 7.53. The van der Waals surface area contributed by atoms with Crippen molar-refractivity contribution in [1.82, 2.24) is 15.1 Å². The average Bonchev–Trinajstić information content (AvgIpc) is 2.68. The number of hydrogen-bond acceptors (Lipinski definition) is 6. The maximum Gasteiger partial charge on any atom is 0.356 e. The van der Waals surface area contributed by atoms with Crippen LogP contribution >= 0.6 is 0 Å². The van der Waals surface area contributed by atoms with Crippen molar-refractivity contribution in [2.75, 3.05) is 13.2 Å². The summed E-state index contributed by atoms with van der Waals surface area (Å²) in [6, 6.07) is 0. The summed E-state index contributed by atoms with van der Waals surface area (Å²) in [4.78, 5) is 11.8. The third-order valence-corrected chi connectivity index (χ3v) is 2.61. The highest BCUT2D eigenvalue weighted by Crippen LogP contribution is 2.11. The molecule has 1 aromatic rings. The Hall–Kier alpha value is -1.44. The third kappa shape index (κ3) is 5.82. The van der Waals surface area contributed by atoms with Crippen LogP contribution < -0.4 is 5.32 Å². The van der Waals surface area contributed by atoms with Crippen molar-refractivity contribution in [1.29, 1.82) is 0 Å². The summed E-state index contributed by atoms with van der Waals surface area (Å²) in [7, 11) is 1.69. The first-order valence-electron chi connectivity index (χ1n) is 6.99. The smallest absolute Gasteiger partial charge is 0.356 e. The van der Waals surface area contributed by atoms with Gasteiger partial charge in [0.1, 0.15) is 0 Å². The van der Waals surface area contributed by atoms with Crippen LogP contribution in [0.1, 0.15) is 43.7 Å². The highest BCUT2D eigenvalue weighted by Gasteiger charge is 2.19. The van der Waals surface area contributed by atoms with Crippen molar-refractivity contribution in [3.05, 3.63) is 17.5 Å². The molecule has 0 saturated carbocycles. The Morgan fingerprint density at radius 3 is 2.76 bits per heavy atom.